The molecular weight excluding hydrogens is 392 g/mol. The Hall–Kier alpha value is -3.38. The van der Waals surface area contributed by atoms with Crippen LogP contribution in [0.1, 0.15) is 22.8 Å². The van der Waals surface area contributed by atoms with E-state index in [0.717, 1.165) is 22.0 Å². The van der Waals surface area contributed by atoms with Crippen molar-refractivity contribution >= 4 is 28.3 Å². The molecule has 1 atom stereocenters. The molecule has 1 N–H and O–H groups in total. The predicted molar refractivity (Wildman–Crippen MR) is 121 cm³/mol. The van der Waals surface area contributed by atoms with Crippen molar-refractivity contribution in [2.75, 3.05) is 31.6 Å². The molecule has 6 heteroatoms. The van der Waals surface area contributed by atoms with Crippen LogP contribution in [0.5, 0.6) is 5.75 Å². The van der Waals surface area contributed by atoms with Crippen molar-refractivity contribution in [3.63, 3.8) is 0 Å². The Morgan fingerprint density at radius 3 is 2.55 bits per heavy atom. The number of anilines is 1. The number of rotatable bonds is 5. The van der Waals surface area contributed by atoms with Crippen molar-refractivity contribution in [3.05, 3.63) is 71.8 Å². The van der Waals surface area contributed by atoms with Crippen molar-refractivity contribution < 1.29 is 19.1 Å². The van der Waals surface area contributed by atoms with E-state index in [1.54, 1.807) is 11.0 Å². The highest BCUT2D eigenvalue weighted by atomic mass is 16.5. The summed E-state index contributed by atoms with van der Waals surface area (Å²) in [5, 5.41) is 4.83. The van der Waals surface area contributed by atoms with Crippen LogP contribution in [0.2, 0.25) is 0 Å². The zero-order valence-electron chi connectivity index (χ0n) is 17.8. The Bertz CT molecular complexity index is 1110. The number of nitrogens with zero attached hydrogens (tertiary/aromatic N) is 1. The quantitative estimate of drug-likeness (QED) is 0.679. The largest absolute Gasteiger partial charge is 0.483 e. The van der Waals surface area contributed by atoms with Crippen LogP contribution in [0, 0.1) is 6.92 Å². The molecule has 3 aromatic rings. The van der Waals surface area contributed by atoms with Gasteiger partial charge in [0, 0.05) is 18.8 Å². The fourth-order valence-corrected chi connectivity index (χ4v) is 3.69. The first-order valence-corrected chi connectivity index (χ1v) is 10.4. The lowest BCUT2D eigenvalue weighted by atomic mass is 10.0. The fourth-order valence-electron chi connectivity index (χ4n) is 3.69. The van der Waals surface area contributed by atoms with Gasteiger partial charge in [-0.3, -0.25) is 9.59 Å². The van der Waals surface area contributed by atoms with Gasteiger partial charge in [-0.25, -0.2) is 0 Å². The van der Waals surface area contributed by atoms with Gasteiger partial charge in [0.05, 0.1) is 18.3 Å². The lowest BCUT2D eigenvalue weighted by Crippen LogP contribution is -2.46. The SMILES string of the molecule is Cc1ccccc1NC(=O)c1cc2ccccc2cc1OCC(=O)N1CCO[C@@H](C)C1. The van der Waals surface area contributed by atoms with Crippen LogP contribution in [0.4, 0.5) is 5.69 Å². The average molecular weight is 418 g/mol. The van der Waals surface area contributed by atoms with Crippen molar-refractivity contribution in [1.82, 2.24) is 4.90 Å². The lowest BCUT2D eigenvalue weighted by Gasteiger charge is -2.31. The molecule has 0 bridgehead atoms. The topological polar surface area (TPSA) is 67.9 Å². The standard InChI is InChI=1S/C25H26N2O4/c1-17-7-3-6-10-22(17)26-25(29)21-13-19-8-4-5-9-20(19)14-23(21)31-16-24(28)27-11-12-30-18(2)15-27/h3-10,13-14,18H,11-12,15-16H2,1-2H3,(H,26,29)/t18-/m0/s1. The van der Waals surface area contributed by atoms with Gasteiger partial charge in [-0.2, -0.15) is 0 Å². The molecule has 0 aromatic heterocycles. The molecule has 1 fully saturated rings. The zero-order chi connectivity index (χ0) is 21.8. The Kier molecular flexibility index (Phi) is 6.18. The second-order valence-corrected chi connectivity index (χ2v) is 7.77. The third-order valence-corrected chi connectivity index (χ3v) is 5.43. The van der Waals surface area contributed by atoms with Gasteiger partial charge in [0.15, 0.2) is 6.61 Å². The zero-order valence-corrected chi connectivity index (χ0v) is 17.8. The van der Waals surface area contributed by atoms with Gasteiger partial charge in [-0.05, 0) is 48.4 Å². The first-order valence-electron chi connectivity index (χ1n) is 10.4. The minimum atomic E-state index is -0.275. The number of amides is 2. The van der Waals surface area contributed by atoms with E-state index < -0.39 is 0 Å². The first-order chi connectivity index (χ1) is 15.0. The molecule has 0 aliphatic carbocycles. The molecular formula is C25H26N2O4. The number of ether oxygens (including phenoxy) is 2. The van der Waals surface area contributed by atoms with Gasteiger partial charge >= 0.3 is 0 Å². The van der Waals surface area contributed by atoms with Gasteiger partial charge in [0.1, 0.15) is 5.75 Å². The molecule has 0 radical (unpaired) electrons. The average Bonchev–Trinajstić information content (AvgIpc) is 2.78. The summed E-state index contributed by atoms with van der Waals surface area (Å²) < 4.78 is 11.4. The van der Waals surface area contributed by atoms with E-state index in [-0.39, 0.29) is 24.5 Å². The van der Waals surface area contributed by atoms with E-state index in [0.29, 0.717) is 31.0 Å². The van der Waals surface area contributed by atoms with Gasteiger partial charge in [-0.1, -0.05) is 42.5 Å². The van der Waals surface area contributed by atoms with Crippen LogP contribution in [-0.2, 0) is 9.53 Å². The van der Waals surface area contributed by atoms with E-state index in [2.05, 4.69) is 5.32 Å². The second kappa shape index (κ2) is 9.18. The Morgan fingerprint density at radius 1 is 1.10 bits per heavy atom. The molecule has 0 spiro atoms. The summed E-state index contributed by atoms with van der Waals surface area (Å²) in [4.78, 5) is 27.5. The number of hydrogen-bond acceptors (Lipinski definition) is 4. The number of nitrogens with one attached hydrogen (secondary N) is 1. The molecule has 0 saturated carbocycles. The van der Waals surface area contributed by atoms with Crippen molar-refractivity contribution in [1.29, 1.82) is 0 Å². The molecule has 160 valence electrons. The van der Waals surface area contributed by atoms with Gasteiger partial charge < -0.3 is 19.7 Å². The third kappa shape index (κ3) is 4.86. The molecule has 31 heavy (non-hydrogen) atoms. The number of morpholine rings is 1. The minimum absolute atomic E-state index is 0.00817. The van der Waals surface area contributed by atoms with E-state index in [1.165, 1.54) is 0 Å². The molecule has 2 amide bonds. The second-order valence-electron chi connectivity index (χ2n) is 7.77. The molecule has 1 aliphatic rings. The van der Waals surface area contributed by atoms with Crippen LogP contribution in [0.3, 0.4) is 0 Å². The number of fused-ring (bicyclic) bond motifs is 1. The van der Waals surface area contributed by atoms with Crippen molar-refractivity contribution in [2.45, 2.75) is 20.0 Å². The number of benzene rings is 3. The van der Waals surface area contributed by atoms with E-state index in [1.807, 2.05) is 68.4 Å². The van der Waals surface area contributed by atoms with Crippen molar-refractivity contribution in [2.24, 2.45) is 0 Å². The van der Waals surface area contributed by atoms with Crippen molar-refractivity contribution in [3.8, 4) is 5.75 Å². The molecule has 1 heterocycles. The third-order valence-electron chi connectivity index (χ3n) is 5.43. The lowest BCUT2D eigenvalue weighted by molar-refractivity contribution is -0.140. The molecule has 3 aromatic carbocycles. The van der Waals surface area contributed by atoms with Gasteiger partial charge in [0.25, 0.3) is 11.8 Å². The fraction of sp³-hybridized carbons (Fsp3) is 0.280. The smallest absolute Gasteiger partial charge is 0.260 e. The molecule has 1 aliphatic heterocycles. The highest BCUT2D eigenvalue weighted by Crippen LogP contribution is 2.28. The summed E-state index contributed by atoms with van der Waals surface area (Å²) in [6.45, 7) is 5.36. The number of para-hydroxylation sites is 1. The Labute approximate surface area is 181 Å². The first kappa shape index (κ1) is 20.9. The summed E-state index contributed by atoms with van der Waals surface area (Å²) >= 11 is 0. The predicted octanol–water partition coefficient (Wildman–Crippen LogP) is 4.03. The van der Waals surface area contributed by atoms with Gasteiger partial charge in [0.2, 0.25) is 0 Å². The molecule has 0 unspecified atom stereocenters. The number of carbonyl (C=O) groups excluding carboxylic acids is 2. The van der Waals surface area contributed by atoms with Crippen LogP contribution in [-0.4, -0.2) is 49.1 Å². The summed E-state index contributed by atoms with van der Waals surface area (Å²) in [7, 11) is 0. The summed E-state index contributed by atoms with van der Waals surface area (Å²) in [5.41, 5.74) is 2.10. The van der Waals surface area contributed by atoms with Crippen LogP contribution < -0.4 is 10.1 Å². The Morgan fingerprint density at radius 2 is 1.81 bits per heavy atom. The summed E-state index contributed by atoms with van der Waals surface area (Å²) in [6, 6.07) is 19.0. The number of hydrogen-bond donors (Lipinski definition) is 1. The van der Waals surface area contributed by atoms with Crippen LogP contribution in [0.25, 0.3) is 10.8 Å². The van der Waals surface area contributed by atoms with E-state index in [4.69, 9.17) is 9.47 Å². The molecule has 6 nitrogen and oxygen atoms in total. The van der Waals surface area contributed by atoms with E-state index in [9.17, 15) is 9.59 Å². The minimum Gasteiger partial charge on any atom is -0.483 e. The highest BCUT2D eigenvalue weighted by Gasteiger charge is 2.23. The maximum atomic E-state index is 13.1. The van der Waals surface area contributed by atoms with Gasteiger partial charge in [-0.15, -0.1) is 0 Å². The Balaban J connectivity index is 1.58. The van der Waals surface area contributed by atoms with E-state index >= 15 is 0 Å². The maximum Gasteiger partial charge on any atom is 0.260 e. The normalized spacial score (nSPS) is 16.2. The number of aryl methyl sites for hydroxylation is 1. The number of carbonyl (C=O) groups is 2. The maximum absolute atomic E-state index is 13.1. The van der Waals surface area contributed by atoms with Crippen LogP contribution >= 0.6 is 0 Å². The molecule has 4 rings (SSSR count). The summed E-state index contributed by atoms with van der Waals surface area (Å²) in [6.07, 6.45) is 0.00817. The highest BCUT2D eigenvalue weighted by molar-refractivity contribution is 6.09. The summed E-state index contributed by atoms with van der Waals surface area (Å²) in [5.74, 6) is -0.00416. The monoisotopic (exact) mass is 418 g/mol. The van der Waals surface area contributed by atoms with Crippen LogP contribution in [0.15, 0.2) is 60.7 Å². The molecule has 1 saturated heterocycles.